The summed E-state index contributed by atoms with van der Waals surface area (Å²) in [4.78, 5) is 21.8. The molecule has 0 fully saturated rings. The second-order valence-corrected chi connectivity index (χ2v) is 3.67. The molecule has 0 radical (unpaired) electrons. The lowest BCUT2D eigenvalue weighted by molar-refractivity contribution is -0.116. The Kier molecular flexibility index (Phi) is 8.04. The van der Waals surface area contributed by atoms with Gasteiger partial charge in [0.05, 0.1) is 6.42 Å². The largest absolute Gasteiger partial charge is 0.300 e. The van der Waals surface area contributed by atoms with Crippen molar-refractivity contribution >= 4 is 11.6 Å². The summed E-state index contributed by atoms with van der Waals surface area (Å²) in [6.07, 6.45) is 2.64. The Morgan fingerprint density at radius 3 is 1.88 bits per heavy atom. The number of hydrogen-bond donors (Lipinski definition) is 0. The van der Waals surface area contributed by atoms with Gasteiger partial charge in [0, 0.05) is 5.56 Å². The van der Waals surface area contributed by atoms with Crippen LogP contribution in [-0.2, 0) is 4.79 Å². The highest BCUT2D eigenvalue weighted by Crippen LogP contribution is 2.02. The first kappa shape index (κ1) is 14.6. The fourth-order valence-corrected chi connectivity index (χ4v) is 0.952. The van der Waals surface area contributed by atoms with Gasteiger partial charge in [0.2, 0.25) is 0 Å². The van der Waals surface area contributed by atoms with Crippen molar-refractivity contribution in [2.24, 2.45) is 0 Å². The molecule has 1 aromatic rings. The zero-order valence-corrected chi connectivity index (χ0v) is 10.3. The number of ketones is 2. The Morgan fingerprint density at radius 2 is 1.50 bits per heavy atom. The van der Waals surface area contributed by atoms with Crippen molar-refractivity contribution in [2.75, 3.05) is 0 Å². The van der Waals surface area contributed by atoms with Crippen LogP contribution in [0.1, 0.15) is 50.4 Å². The van der Waals surface area contributed by atoms with Gasteiger partial charge in [-0.15, -0.1) is 0 Å². The molecule has 16 heavy (non-hydrogen) atoms. The van der Waals surface area contributed by atoms with E-state index in [1.54, 1.807) is 24.3 Å². The van der Waals surface area contributed by atoms with Crippen LogP contribution in [0.5, 0.6) is 0 Å². The van der Waals surface area contributed by atoms with E-state index >= 15 is 0 Å². The number of carbonyl (C=O) groups excluding carboxylic acids is 2. The summed E-state index contributed by atoms with van der Waals surface area (Å²) in [5, 5.41) is 0. The predicted octanol–water partition coefficient (Wildman–Crippen LogP) is 3.65. The standard InChI is InChI=1S/C10H10O2.C4H10/c1-8(11)7-10(12)9-5-3-2-4-6-9;1-3-4-2/h2-6H,7H2,1H3;3-4H2,1-2H3. The first-order chi connectivity index (χ1) is 7.61. The van der Waals surface area contributed by atoms with Gasteiger partial charge >= 0.3 is 0 Å². The summed E-state index contributed by atoms with van der Waals surface area (Å²) >= 11 is 0. The Bertz CT molecular complexity index is 313. The molecule has 0 aliphatic rings. The average molecular weight is 220 g/mol. The normalized spacial score (nSPS) is 8.94. The smallest absolute Gasteiger partial charge is 0.170 e. The van der Waals surface area contributed by atoms with E-state index in [0.717, 1.165) is 0 Å². The lowest BCUT2D eigenvalue weighted by atomic mass is 10.1. The van der Waals surface area contributed by atoms with Crippen LogP contribution >= 0.6 is 0 Å². The predicted molar refractivity (Wildman–Crippen MR) is 66.7 cm³/mol. The minimum atomic E-state index is -0.108. The van der Waals surface area contributed by atoms with E-state index in [0.29, 0.717) is 5.56 Å². The van der Waals surface area contributed by atoms with Crippen LogP contribution < -0.4 is 0 Å². The number of unbranched alkanes of at least 4 members (excludes halogenated alkanes) is 1. The van der Waals surface area contributed by atoms with Crippen molar-refractivity contribution < 1.29 is 9.59 Å². The summed E-state index contributed by atoms with van der Waals surface area (Å²) in [6.45, 7) is 5.78. The Balaban J connectivity index is 0.000000487. The molecule has 2 heteroatoms. The van der Waals surface area contributed by atoms with Gasteiger partial charge in [0.25, 0.3) is 0 Å². The zero-order chi connectivity index (χ0) is 12.4. The van der Waals surface area contributed by atoms with Crippen molar-refractivity contribution in [2.45, 2.75) is 40.0 Å². The van der Waals surface area contributed by atoms with Gasteiger partial charge in [0.15, 0.2) is 5.78 Å². The second-order valence-electron chi connectivity index (χ2n) is 3.67. The number of Topliss-reactive ketones (excluding diaryl/α,β-unsaturated/α-hetero) is 2. The molecule has 0 bridgehead atoms. The first-order valence-electron chi connectivity index (χ1n) is 5.69. The molecular formula is C14H20O2. The highest BCUT2D eigenvalue weighted by atomic mass is 16.1. The maximum absolute atomic E-state index is 11.2. The topological polar surface area (TPSA) is 34.1 Å². The van der Waals surface area contributed by atoms with Gasteiger partial charge in [-0.1, -0.05) is 57.0 Å². The van der Waals surface area contributed by atoms with E-state index < -0.39 is 0 Å². The summed E-state index contributed by atoms with van der Waals surface area (Å²) in [6, 6.07) is 8.84. The minimum absolute atomic E-state index is 0.00398. The van der Waals surface area contributed by atoms with Gasteiger partial charge in [0.1, 0.15) is 5.78 Å². The Labute approximate surface area is 97.7 Å². The van der Waals surface area contributed by atoms with Crippen LogP contribution in [-0.4, -0.2) is 11.6 Å². The van der Waals surface area contributed by atoms with E-state index in [-0.39, 0.29) is 18.0 Å². The van der Waals surface area contributed by atoms with Gasteiger partial charge in [-0.05, 0) is 6.92 Å². The molecule has 88 valence electrons. The van der Waals surface area contributed by atoms with E-state index in [1.807, 2.05) is 6.07 Å². The lowest BCUT2D eigenvalue weighted by Crippen LogP contribution is -2.04. The van der Waals surface area contributed by atoms with Crippen molar-refractivity contribution in [3.63, 3.8) is 0 Å². The van der Waals surface area contributed by atoms with Crippen LogP contribution in [0.15, 0.2) is 30.3 Å². The van der Waals surface area contributed by atoms with Crippen LogP contribution in [0, 0.1) is 0 Å². The Hall–Kier alpha value is -1.44. The zero-order valence-electron chi connectivity index (χ0n) is 10.3. The molecule has 0 N–H and O–H groups in total. The molecule has 0 aliphatic heterocycles. The fourth-order valence-electron chi connectivity index (χ4n) is 0.952. The molecular weight excluding hydrogens is 200 g/mol. The van der Waals surface area contributed by atoms with Crippen LogP contribution in [0.2, 0.25) is 0 Å². The molecule has 0 heterocycles. The Morgan fingerprint density at radius 1 is 1.00 bits per heavy atom. The number of benzene rings is 1. The van der Waals surface area contributed by atoms with Crippen LogP contribution in [0.4, 0.5) is 0 Å². The summed E-state index contributed by atoms with van der Waals surface area (Å²) < 4.78 is 0. The highest BCUT2D eigenvalue weighted by Gasteiger charge is 2.06. The molecule has 2 nitrogen and oxygen atoms in total. The molecule has 0 amide bonds. The molecule has 0 saturated carbocycles. The number of carbonyl (C=O) groups is 2. The molecule has 0 atom stereocenters. The van der Waals surface area contributed by atoms with Crippen molar-refractivity contribution in [3.05, 3.63) is 35.9 Å². The van der Waals surface area contributed by atoms with Crippen molar-refractivity contribution in [1.29, 1.82) is 0 Å². The van der Waals surface area contributed by atoms with Crippen LogP contribution in [0.25, 0.3) is 0 Å². The van der Waals surface area contributed by atoms with Gasteiger partial charge < -0.3 is 0 Å². The first-order valence-corrected chi connectivity index (χ1v) is 5.69. The molecule has 1 aromatic carbocycles. The van der Waals surface area contributed by atoms with Gasteiger partial charge in [-0.25, -0.2) is 0 Å². The summed E-state index contributed by atoms with van der Waals surface area (Å²) in [7, 11) is 0. The van der Waals surface area contributed by atoms with E-state index in [2.05, 4.69) is 13.8 Å². The SMILES string of the molecule is CC(=O)CC(=O)c1ccccc1.CCCC. The maximum atomic E-state index is 11.2. The second kappa shape index (κ2) is 8.84. The molecule has 0 aliphatic carbocycles. The number of hydrogen-bond acceptors (Lipinski definition) is 2. The molecule has 0 spiro atoms. The molecule has 0 saturated heterocycles. The van der Waals surface area contributed by atoms with E-state index in [9.17, 15) is 9.59 Å². The summed E-state index contributed by atoms with van der Waals surface area (Å²) in [5.74, 6) is -0.202. The minimum Gasteiger partial charge on any atom is -0.300 e. The molecule has 0 aromatic heterocycles. The quantitative estimate of drug-likeness (QED) is 0.573. The third kappa shape index (κ3) is 6.93. The average Bonchev–Trinajstić information content (AvgIpc) is 2.30. The third-order valence-corrected chi connectivity index (χ3v) is 2.01. The summed E-state index contributed by atoms with van der Waals surface area (Å²) in [5.41, 5.74) is 0.604. The third-order valence-electron chi connectivity index (χ3n) is 2.01. The highest BCUT2D eigenvalue weighted by molar-refractivity contribution is 6.07. The van der Waals surface area contributed by atoms with Crippen molar-refractivity contribution in [3.8, 4) is 0 Å². The van der Waals surface area contributed by atoms with Gasteiger partial charge in [-0.2, -0.15) is 0 Å². The van der Waals surface area contributed by atoms with Gasteiger partial charge in [-0.3, -0.25) is 9.59 Å². The van der Waals surface area contributed by atoms with Crippen LogP contribution in [0.3, 0.4) is 0 Å². The number of rotatable bonds is 4. The monoisotopic (exact) mass is 220 g/mol. The van der Waals surface area contributed by atoms with E-state index in [4.69, 9.17) is 0 Å². The fraction of sp³-hybridized carbons (Fsp3) is 0.429. The maximum Gasteiger partial charge on any atom is 0.170 e. The lowest BCUT2D eigenvalue weighted by Gasteiger charge is -1.95. The van der Waals surface area contributed by atoms with Crippen molar-refractivity contribution in [1.82, 2.24) is 0 Å². The molecule has 1 rings (SSSR count). The molecule has 0 unspecified atom stereocenters. The van der Waals surface area contributed by atoms with E-state index in [1.165, 1.54) is 19.8 Å².